The van der Waals surface area contributed by atoms with Crippen LogP contribution in [0.3, 0.4) is 0 Å². The van der Waals surface area contributed by atoms with Crippen molar-refractivity contribution in [2.45, 2.75) is 0 Å². The van der Waals surface area contributed by atoms with Crippen molar-refractivity contribution < 1.29 is 4.74 Å². The number of fused-ring (bicyclic) bond motifs is 1. The van der Waals surface area contributed by atoms with Crippen LogP contribution in [0.5, 0.6) is 5.75 Å². The summed E-state index contributed by atoms with van der Waals surface area (Å²) in [6, 6.07) is 25.7. The third kappa shape index (κ3) is 3.71. The summed E-state index contributed by atoms with van der Waals surface area (Å²) in [4.78, 5) is 9.17. The molecule has 0 saturated carbocycles. The van der Waals surface area contributed by atoms with E-state index in [1.54, 1.807) is 13.4 Å². The third-order valence-corrected chi connectivity index (χ3v) is 5.34. The van der Waals surface area contributed by atoms with Gasteiger partial charge in [0.25, 0.3) is 0 Å². The molecule has 6 heteroatoms. The van der Waals surface area contributed by atoms with Gasteiger partial charge in [0, 0.05) is 28.2 Å². The fraction of sp³-hybridized carbons (Fsp3) is 0.0400. The molecule has 0 unspecified atom stereocenters. The van der Waals surface area contributed by atoms with Crippen LogP contribution in [0.1, 0.15) is 0 Å². The van der Waals surface area contributed by atoms with Crippen LogP contribution in [0.4, 0.5) is 11.5 Å². The lowest BCUT2D eigenvalue weighted by Crippen LogP contribution is -1.98. The van der Waals surface area contributed by atoms with Gasteiger partial charge in [-0.3, -0.25) is 0 Å². The van der Waals surface area contributed by atoms with Gasteiger partial charge in [-0.1, -0.05) is 48.0 Å². The van der Waals surface area contributed by atoms with Crippen LogP contribution in [-0.2, 0) is 0 Å². The normalized spacial score (nSPS) is 10.9. The van der Waals surface area contributed by atoms with Gasteiger partial charge in [0.05, 0.1) is 12.5 Å². The van der Waals surface area contributed by atoms with E-state index in [0.717, 1.165) is 45.1 Å². The molecule has 0 aliphatic carbocycles. The average molecular weight is 427 g/mol. The van der Waals surface area contributed by atoms with Gasteiger partial charge in [-0.25, -0.2) is 9.97 Å². The van der Waals surface area contributed by atoms with Gasteiger partial charge in [-0.2, -0.15) is 0 Å². The van der Waals surface area contributed by atoms with Crippen molar-refractivity contribution in [3.63, 3.8) is 0 Å². The molecule has 2 heterocycles. The van der Waals surface area contributed by atoms with Crippen LogP contribution < -0.4 is 10.1 Å². The van der Waals surface area contributed by atoms with Gasteiger partial charge in [0.15, 0.2) is 5.65 Å². The monoisotopic (exact) mass is 426 g/mol. The Morgan fingerprint density at radius 2 is 1.71 bits per heavy atom. The maximum atomic E-state index is 6.18. The van der Waals surface area contributed by atoms with E-state index in [0.29, 0.717) is 5.02 Å². The average Bonchev–Trinajstić information content (AvgIpc) is 3.21. The summed E-state index contributed by atoms with van der Waals surface area (Å²) in [6.45, 7) is 0. The molecule has 152 valence electrons. The van der Waals surface area contributed by atoms with Gasteiger partial charge in [-0.05, 0) is 48.0 Å². The highest BCUT2D eigenvalue weighted by atomic mass is 35.5. The number of halogens is 1. The van der Waals surface area contributed by atoms with Gasteiger partial charge >= 0.3 is 0 Å². The Morgan fingerprint density at radius 3 is 2.45 bits per heavy atom. The topological polar surface area (TPSA) is 52.0 Å². The lowest BCUT2D eigenvalue weighted by molar-refractivity contribution is 0.415. The molecule has 0 aliphatic rings. The zero-order valence-electron chi connectivity index (χ0n) is 16.8. The number of rotatable bonds is 5. The number of hydrogen-bond donors (Lipinski definition) is 1. The van der Waals surface area contributed by atoms with E-state index in [-0.39, 0.29) is 0 Å². The van der Waals surface area contributed by atoms with Crippen molar-refractivity contribution in [1.82, 2.24) is 14.5 Å². The van der Waals surface area contributed by atoms with Crippen LogP contribution in [0.2, 0.25) is 5.02 Å². The van der Waals surface area contributed by atoms with Crippen LogP contribution in [0.15, 0.2) is 91.4 Å². The van der Waals surface area contributed by atoms with Gasteiger partial charge in [-0.15, -0.1) is 0 Å². The predicted molar refractivity (Wildman–Crippen MR) is 126 cm³/mol. The molecule has 0 amide bonds. The van der Waals surface area contributed by atoms with Crippen molar-refractivity contribution in [3.8, 4) is 22.6 Å². The molecular formula is C25H19ClN4O. The van der Waals surface area contributed by atoms with Crippen molar-refractivity contribution >= 4 is 34.1 Å². The number of aromatic nitrogens is 3. The Bertz CT molecular complexity index is 1350. The largest absolute Gasteiger partial charge is 0.497 e. The molecule has 3 aromatic carbocycles. The number of nitrogens with one attached hydrogen (secondary N) is 1. The molecule has 31 heavy (non-hydrogen) atoms. The number of methoxy groups -OCH3 is 1. The lowest BCUT2D eigenvalue weighted by Gasteiger charge is -2.09. The summed E-state index contributed by atoms with van der Waals surface area (Å²) in [6.07, 6.45) is 3.67. The fourth-order valence-corrected chi connectivity index (χ4v) is 3.83. The van der Waals surface area contributed by atoms with Crippen LogP contribution in [0.25, 0.3) is 27.8 Å². The molecule has 5 aromatic rings. The van der Waals surface area contributed by atoms with Crippen LogP contribution >= 0.6 is 11.6 Å². The molecule has 5 rings (SSSR count). The minimum absolute atomic E-state index is 0.661. The summed E-state index contributed by atoms with van der Waals surface area (Å²) in [5, 5.41) is 5.01. The summed E-state index contributed by atoms with van der Waals surface area (Å²) in [5.41, 5.74) is 4.79. The second-order valence-corrected chi connectivity index (χ2v) is 7.47. The highest BCUT2D eigenvalue weighted by molar-refractivity contribution is 6.30. The van der Waals surface area contributed by atoms with Gasteiger partial charge in [0.1, 0.15) is 17.9 Å². The van der Waals surface area contributed by atoms with E-state index >= 15 is 0 Å². The van der Waals surface area contributed by atoms with Crippen molar-refractivity contribution in [2.24, 2.45) is 0 Å². The van der Waals surface area contributed by atoms with E-state index in [4.69, 9.17) is 16.3 Å². The SMILES string of the molecule is COc1ccc(-n2cc(-c3ccccc3)c3c(Nc4cccc(Cl)c4)ncnc32)cc1. The number of ether oxygens (including phenoxy) is 1. The third-order valence-electron chi connectivity index (χ3n) is 5.11. The molecule has 0 aliphatic heterocycles. The molecule has 0 fully saturated rings. The molecule has 0 atom stereocenters. The van der Waals surface area contributed by atoms with E-state index in [9.17, 15) is 0 Å². The second-order valence-electron chi connectivity index (χ2n) is 7.03. The molecular weight excluding hydrogens is 408 g/mol. The molecule has 1 N–H and O–H groups in total. The van der Waals surface area contributed by atoms with Crippen LogP contribution in [-0.4, -0.2) is 21.6 Å². The first-order valence-electron chi connectivity index (χ1n) is 9.81. The fourth-order valence-electron chi connectivity index (χ4n) is 3.64. The minimum Gasteiger partial charge on any atom is -0.497 e. The first-order valence-corrected chi connectivity index (χ1v) is 10.2. The van der Waals surface area contributed by atoms with Crippen molar-refractivity contribution in [1.29, 1.82) is 0 Å². The quantitative estimate of drug-likeness (QED) is 0.349. The minimum atomic E-state index is 0.661. The van der Waals surface area contributed by atoms with E-state index < -0.39 is 0 Å². The predicted octanol–water partition coefficient (Wildman–Crippen LogP) is 6.49. The first kappa shape index (κ1) is 19.2. The van der Waals surface area contributed by atoms with Crippen molar-refractivity contribution in [3.05, 3.63) is 96.4 Å². The van der Waals surface area contributed by atoms with E-state index in [1.807, 2.05) is 66.7 Å². The Hall–Kier alpha value is -3.83. The summed E-state index contributed by atoms with van der Waals surface area (Å²) in [7, 11) is 1.66. The number of anilines is 2. The second kappa shape index (κ2) is 8.13. The zero-order chi connectivity index (χ0) is 21.2. The number of hydrogen-bond acceptors (Lipinski definition) is 4. The summed E-state index contributed by atoms with van der Waals surface area (Å²) >= 11 is 6.18. The maximum Gasteiger partial charge on any atom is 0.150 e. The zero-order valence-corrected chi connectivity index (χ0v) is 17.5. The molecule has 2 aromatic heterocycles. The standard InChI is InChI=1S/C25H19ClN4O/c1-31-21-12-10-20(11-13-21)30-15-22(17-6-3-2-4-7-17)23-24(27-16-28-25(23)30)29-19-9-5-8-18(26)14-19/h2-16H,1H3,(H,27,28,29). The number of benzene rings is 3. The highest BCUT2D eigenvalue weighted by Crippen LogP contribution is 2.36. The molecule has 0 saturated heterocycles. The van der Waals surface area contributed by atoms with E-state index in [1.165, 1.54) is 0 Å². The summed E-state index contributed by atoms with van der Waals surface area (Å²) in [5.74, 6) is 1.53. The highest BCUT2D eigenvalue weighted by Gasteiger charge is 2.17. The Labute approximate surface area is 184 Å². The molecule has 5 nitrogen and oxygen atoms in total. The Morgan fingerprint density at radius 1 is 0.903 bits per heavy atom. The van der Waals surface area contributed by atoms with Crippen LogP contribution in [0, 0.1) is 0 Å². The summed E-state index contributed by atoms with van der Waals surface area (Å²) < 4.78 is 7.38. The molecule has 0 spiro atoms. The van der Waals surface area contributed by atoms with E-state index in [2.05, 4.69) is 38.2 Å². The lowest BCUT2D eigenvalue weighted by atomic mass is 10.1. The maximum absolute atomic E-state index is 6.18. The molecule has 0 radical (unpaired) electrons. The smallest absolute Gasteiger partial charge is 0.150 e. The molecule has 0 bridgehead atoms. The number of nitrogens with zero attached hydrogens (tertiary/aromatic N) is 3. The van der Waals surface area contributed by atoms with Gasteiger partial charge in [0.2, 0.25) is 0 Å². The Kier molecular flexibility index (Phi) is 5.02. The first-order chi connectivity index (χ1) is 15.2. The Balaban J connectivity index is 1.72. The van der Waals surface area contributed by atoms with Crippen molar-refractivity contribution in [2.75, 3.05) is 12.4 Å². The van der Waals surface area contributed by atoms with Gasteiger partial charge < -0.3 is 14.6 Å².